The van der Waals surface area contributed by atoms with Gasteiger partial charge in [-0.1, -0.05) is 12.1 Å². The van der Waals surface area contributed by atoms with Crippen LogP contribution >= 0.6 is 0 Å². The van der Waals surface area contributed by atoms with Crippen molar-refractivity contribution in [1.29, 1.82) is 0 Å². The molecule has 30 heavy (non-hydrogen) atoms. The number of rotatable bonds is 5. The Bertz CT molecular complexity index is 1360. The second-order valence-corrected chi connectivity index (χ2v) is 8.78. The Hall–Kier alpha value is -3.31. The van der Waals surface area contributed by atoms with Crippen molar-refractivity contribution in [2.75, 3.05) is 17.9 Å². The Labute approximate surface area is 171 Å². The number of anilines is 1. The van der Waals surface area contributed by atoms with Crippen molar-refractivity contribution in [3.8, 4) is 5.82 Å². The first-order valence-electron chi connectivity index (χ1n) is 9.08. The van der Waals surface area contributed by atoms with Gasteiger partial charge >= 0.3 is 0 Å². The maximum Gasteiger partial charge on any atom is 0.265 e. The Morgan fingerprint density at radius 1 is 1.20 bits per heavy atom. The van der Waals surface area contributed by atoms with E-state index in [2.05, 4.69) is 19.9 Å². The minimum absolute atomic E-state index is 0.0152. The van der Waals surface area contributed by atoms with E-state index in [-0.39, 0.29) is 18.1 Å². The second kappa shape index (κ2) is 6.61. The molecule has 0 aliphatic carbocycles. The molecule has 1 aliphatic rings. The molecule has 3 aromatic heterocycles. The van der Waals surface area contributed by atoms with Crippen LogP contribution in [0, 0.1) is 0 Å². The fourth-order valence-corrected chi connectivity index (χ4v) is 4.36. The average molecular weight is 428 g/mol. The monoisotopic (exact) mass is 428 g/mol. The molecule has 0 bridgehead atoms. The lowest BCUT2D eigenvalue weighted by atomic mass is 9.95. The third kappa shape index (κ3) is 3.02. The number of halogens is 1. The first-order valence-corrected chi connectivity index (χ1v) is 10.6. The molecule has 4 heterocycles. The molecule has 0 spiro atoms. The summed E-state index contributed by atoms with van der Waals surface area (Å²) in [5.74, 6) is 0.312. The molecule has 0 amide bonds. The molecule has 0 atom stereocenters. The smallest absolute Gasteiger partial charge is 0.265 e. The van der Waals surface area contributed by atoms with Crippen molar-refractivity contribution in [3.05, 3.63) is 60.7 Å². The van der Waals surface area contributed by atoms with E-state index in [1.807, 2.05) is 6.07 Å². The van der Waals surface area contributed by atoms with E-state index in [1.165, 1.54) is 29.3 Å². The zero-order valence-corrected chi connectivity index (χ0v) is 16.7. The normalized spacial score (nSPS) is 15.8. The van der Waals surface area contributed by atoms with Crippen LogP contribution in [0.2, 0.25) is 0 Å². The SMILES string of the molecule is Cn1ncc2cccc(NS(=O)(=O)c3cnn(-c4cc(C5(F)COC5)ccn4)c3)c21. The summed E-state index contributed by atoms with van der Waals surface area (Å²) in [6.45, 7) is -0.0304. The summed E-state index contributed by atoms with van der Waals surface area (Å²) in [6.07, 6.45) is 5.67. The van der Waals surface area contributed by atoms with Gasteiger partial charge in [0.25, 0.3) is 10.0 Å². The molecule has 4 aromatic rings. The number of nitrogens with one attached hydrogen (secondary N) is 1. The maximum atomic E-state index is 14.6. The number of hydrogen-bond acceptors (Lipinski definition) is 6. The van der Waals surface area contributed by atoms with Gasteiger partial charge in [0.1, 0.15) is 4.90 Å². The number of aryl methyl sites for hydroxylation is 1. The zero-order valence-electron chi connectivity index (χ0n) is 15.9. The van der Waals surface area contributed by atoms with Crippen molar-refractivity contribution < 1.29 is 17.5 Å². The van der Waals surface area contributed by atoms with Gasteiger partial charge in [-0.3, -0.25) is 9.40 Å². The van der Waals surface area contributed by atoms with Crippen LogP contribution in [-0.2, 0) is 27.5 Å². The minimum Gasteiger partial charge on any atom is -0.374 e. The Kier molecular flexibility index (Phi) is 4.12. The Morgan fingerprint density at radius 3 is 2.80 bits per heavy atom. The Morgan fingerprint density at radius 2 is 2.03 bits per heavy atom. The van der Waals surface area contributed by atoms with Gasteiger partial charge in [-0.05, 0) is 23.8 Å². The summed E-state index contributed by atoms with van der Waals surface area (Å²) < 4.78 is 50.9. The second-order valence-electron chi connectivity index (χ2n) is 7.10. The van der Waals surface area contributed by atoms with Gasteiger partial charge in [0.15, 0.2) is 11.5 Å². The van der Waals surface area contributed by atoms with Gasteiger partial charge < -0.3 is 4.74 Å². The first kappa shape index (κ1) is 18.7. The van der Waals surface area contributed by atoms with Crippen molar-refractivity contribution in [1.82, 2.24) is 24.5 Å². The zero-order chi connectivity index (χ0) is 20.9. The van der Waals surface area contributed by atoms with Crippen molar-refractivity contribution >= 4 is 26.6 Å². The average Bonchev–Trinajstić information content (AvgIpc) is 3.35. The molecule has 1 saturated heterocycles. The summed E-state index contributed by atoms with van der Waals surface area (Å²) in [5, 5.41) is 9.07. The molecule has 1 N–H and O–H groups in total. The summed E-state index contributed by atoms with van der Waals surface area (Å²) in [7, 11) is -2.18. The molecule has 5 rings (SSSR count). The maximum absolute atomic E-state index is 14.6. The van der Waals surface area contributed by atoms with Crippen LogP contribution in [0.5, 0.6) is 0 Å². The van der Waals surface area contributed by atoms with Crippen LogP contribution in [0.25, 0.3) is 16.7 Å². The van der Waals surface area contributed by atoms with Crippen molar-refractivity contribution in [2.45, 2.75) is 10.6 Å². The van der Waals surface area contributed by atoms with Crippen LogP contribution in [0.1, 0.15) is 5.56 Å². The topological polar surface area (TPSA) is 104 Å². The third-order valence-corrected chi connectivity index (χ3v) is 6.35. The number of hydrogen-bond donors (Lipinski definition) is 1. The molecule has 9 nitrogen and oxygen atoms in total. The number of alkyl halides is 1. The van der Waals surface area contributed by atoms with E-state index in [4.69, 9.17) is 4.74 Å². The van der Waals surface area contributed by atoms with Crippen LogP contribution < -0.4 is 4.72 Å². The highest BCUT2D eigenvalue weighted by atomic mass is 32.2. The van der Waals surface area contributed by atoms with Crippen LogP contribution in [-0.4, -0.2) is 46.2 Å². The molecule has 1 fully saturated rings. The van der Waals surface area contributed by atoms with E-state index >= 15 is 0 Å². The molecular weight excluding hydrogens is 411 g/mol. The first-order chi connectivity index (χ1) is 14.4. The molecule has 1 aromatic carbocycles. The lowest BCUT2D eigenvalue weighted by Crippen LogP contribution is -2.42. The molecule has 0 unspecified atom stereocenters. The summed E-state index contributed by atoms with van der Waals surface area (Å²) >= 11 is 0. The number of sulfonamides is 1. The molecule has 0 radical (unpaired) electrons. The minimum atomic E-state index is -3.91. The number of ether oxygens (including phenoxy) is 1. The number of fused-ring (bicyclic) bond motifs is 1. The van der Waals surface area contributed by atoms with E-state index in [0.29, 0.717) is 22.6 Å². The predicted octanol–water partition coefficient (Wildman–Crippen LogP) is 2.15. The van der Waals surface area contributed by atoms with Crippen LogP contribution in [0.15, 0.2) is 60.0 Å². The summed E-state index contributed by atoms with van der Waals surface area (Å²) in [6, 6.07) is 8.37. The number of aromatic nitrogens is 5. The highest BCUT2D eigenvalue weighted by Crippen LogP contribution is 2.34. The van der Waals surface area contributed by atoms with Crippen LogP contribution in [0.4, 0.5) is 10.1 Å². The predicted molar refractivity (Wildman–Crippen MR) is 106 cm³/mol. The fraction of sp³-hybridized carbons (Fsp3) is 0.211. The number of pyridine rings is 1. The van der Waals surface area contributed by atoms with Crippen LogP contribution in [0.3, 0.4) is 0 Å². The van der Waals surface area contributed by atoms with Gasteiger partial charge in [-0.25, -0.2) is 22.5 Å². The van der Waals surface area contributed by atoms with Gasteiger partial charge in [0.2, 0.25) is 0 Å². The summed E-state index contributed by atoms with van der Waals surface area (Å²) in [4.78, 5) is 4.13. The largest absolute Gasteiger partial charge is 0.374 e. The highest BCUT2D eigenvalue weighted by molar-refractivity contribution is 7.92. The van der Waals surface area contributed by atoms with E-state index < -0.39 is 15.7 Å². The van der Waals surface area contributed by atoms with Gasteiger partial charge in [0.05, 0.1) is 43.0 Å². The quantitative estimate of drug-likeness (QED) is 0.522. The third-order valence-electron chi connectivity index (χ3n) is 5.03. The molecule has 154 valence electrons. The number of benzene rings is 1. The standard InChI is InChI=1S/C19H17FN6O3S/c1-25-18-13(8-22-25)3-2-4-16(18)24-30(27,28)15-9-23-26(10-15)17-7-14(5-6-21-17)19(20)11-29-12-19/h2-10,24H,11-12H2,1H3. The molecular formula is C19H17FN6O3S. The van der Waals surface area contributed by atoms with Gasteiger partial charge in [-0.2, -0.15) is 10.2 Å². The van der Waals surface area contributed by atoms with Crippen molar-refractivity contribution in [2.24, 2.45) is 7.05 Å². The summed E-state index contributed by atoms with van der Waals surface area (Å²) in [5.41, 5.74) is -0.0634. The van der Waals surface area contributed by atoms with E-state index in [1.54, 1.807) is 36.1 Å². The molecule has 0 saturated carbocycles. The molecule has 11 heteroatoms. The Balaban J connectivity index is 1.46. The fourth-order valence-electron chi connectivity index (χ4n) is 3.36. The van der Waals surface area contributed by atoms with Gasteiger partial charge in [-0.15, -0.1) is 0 Å². The lowest BCUT2D eigenvalue weighted by Gasteiger charge is -2.34. The highest BCUT2D eigenvalue weighted by Gasteiger charge is 2.41. The van der Waals surface area contributed by atoms with Crippen molar-refractivity contribution in [3.63, 3.8) is 0 Å². The lowest BCUT2D eigenvalue weighted by molar-refractivity contribution is -0.135. The van der Waals surface area contributed by atoms with E-state index in [0.717, 1.165) is 5.39 Å². The van der Waals surface area contributed by atoms with E-state index in [9.17, 15) is 12.8 Å². The number of para-hydroxylation sites is 1. The number of nitrogens with zero attached hydrogens (tertiary/aromatic N) is 5. The molecule has 1 aliphatic heterocycles. The van der Waals surface area contributed by atoms with Gasteiger partial charge in [0, 0.05) is 18.6 Å².